The molecule has 1 N–H and O–H groups in total. The molecule has 6 heteroatoms. The zero-order valence-corrected chi connectivity index (χ0v) is 18.9. The second-order valence-electron chi connectivity index (χ2n) is 10.4. The Morgan fingerprint density at radius 1 is 0.833 bits per heavy atom. The SMILES string of the molecule is O=S(=O)(c1ccc2c(c1)CCC2)N1CCC2(CC1)CCC(O)(CN1CCCC1)CC2. The Morgan fingerprint density at radius 2 is 1.50 bits per heavy atom. The number of hydrogen-bond acceptors (Lipinski definition) is 4. The highest BCUT2D eigenvalue weighted by Crippen LogP contribution is 2.48. The third-order valence-electron chi connectivity index (χ3n) is 8.45. The average Bonchev–Trinajstić information content (AvgIpc) is 3.42. The number of aryl methyl sites for hydroxylation is 2. The number of fused-ring (bicyclic) bond motifs is 1. The van der Waals surface area contributed by atoms with E-state index in [0.29, 0.717) is 18.0 Å². The van der Waals surface area contributed by atoms with Crippen molar-refractivity contribution in [3.63, 3.8) is 0 Å². The van der Waals surface area contributed by atoms with Crippen LogP contribution < -0.4 is 0 Å². The van der Waals surface area contributed by atoms with E-state index in [1.807, 2.05) is 18.2 Å². The van der Waals surface area contributed by atoms with Gasteiger partial charge in [-0.2, -0.15) is 4.31 Å². The van der Waals surface area contributed by atoms with Crippen LogP contribution in [0.4, 0.5) is 0 Å². The Labute approximate surface area is 181 Å². The highest BCUT2D eigenvalue weighted by Gasteiger charge is 2.45. The van der Waals surface area contributed by atoms with Crippen molar-refractivity contribution in [1.82, 2.24) is 9.21 Å². The topological polar surface area (TPSA) is 60.9 Å². The van der Waals surface area contributed by atoms with Crippen LogP contribution in [0.25, 0.3) is 0 Å². The van der Waals surface area contributed by atoms with Crippen molar-refractivity contribution < 1.29 is 13.5 Å². The van der Waals surface area contributed by atoms with E-state index in [0.717, 1.165) is 77.4 Å². The summed E-state index contributed by atoms with van der Waals surface area (Å²) in [4.78, 5) is 2.90. The molecular weight excluding hydrogens is 396 g/mol. The van der Waals surface area contributed by atoms with Gasteiger partial charge < -0.3 is 10.0 Å². The number of likely N-dealkylation sites (tertiary alicyclic amines) is 1. The number of benzene rings is 1. The first-order valence-electron chi connectivity index (χ1n) is 11.9. The number of sulfonamides is 1. The Hall–Kier alpha value is -0.950. The molecule has 166 valence electrons. The molecule has 1 saturated carbocycles. The lowest BCUT2D eigenvalue weighted by molar-refractivity contribution is -0.0625. The minimum Gasteiger partial charge on any atom is -0.389 e. The molecule has 1 spiro atoms. The Balaban J connectivity index is 1.20. The molecule has 1 aromatic carbocycles. The summed E-state index contributed by atoms with van der Waals surface area (Å²) >= 11 is 0. The first kappa shape index (κ1) is 20.9. The summed E-state index contributed by atoms with van der Waals surface area (Å²) in [6.45, 7) is 4.31. The molecule has 4 aliphatic rings. The number of piperidine rings is 1. The molecule has 0 bridgehead atoms. The maximum Gasteiger partial charge on any atom is 0.243 e. The summed E-state index contributed by atoms with van der Waals surface area (Å²) in [6, 6.07) is 5.74. The number of β-amino-alcohol motifs (C(OH)–C–C–N with tert-alkyl or cyclic N) is 1. The lowest BCUT2D eigenvalue weighted by atomic mass is 9.64. The third kappa shape index (κ3) is 3.96. The van der Waals surface area contributed by atoms with Gasteiger partial charge in [0.25, 0.3) is 0 Å². The molecule has 1 aromatic rings. The van der Waals surface area contributed by atoms with Gasteiger partial charge in [-0.3, -0.25) is 0 Å². The first-order valence-corrected chi connectivity index (χ1v) is 13.4. The maximum atomic E-state index is 13.2. The second kappa shape index (κ2) is 7.88. The van der Waals surface area contributed by atoms with E-state index in [1.54, 1.807) is 4.31 Å². The summed E-state index contributed by atoms with van der Waals surface area (Å²) in [6.07, 6.45) is 11.4. The predicted molar refractivity (Wildman–Crippen MR) is 118 cm³/mol. The molecule has 2 saturated heterocycles. The van der Waals surface area contributed by atoms with Gasteiger partial charge in [-0.25, -0.2) is 8.42 Å². The van der Waals surface area contributed by atoms with Crippen molar-refractivity contribution >= 4 is 10.0 Å². The highest BCUT2D eigenvalue weighted by molar-refractivity contribution is 7.89. The van der Waals surface area contributed by atoms with Gasteiger partial charge in [-0.15, -0.1) is 0 Å². The van der Waals surface area contributed by atoms with E-state index < -0.39 is 15.6 Å². The first-order chi connectivity index (χ1) is 14.4. The van der Waals surface area contributed by atoms with Crippen molar-refractivity contribution in [2.45, 2.75) is 81.1 Å². The fourth-order valence-electron chi connectivity index (χ4n) is 6.32. The summed E-state index contributed by atoms with van der Waals surface area (Å²) in [5.41, 5.74) is 2.22. The lowest BCUT2D eigenvalue weighted by Crippen LogP contribution is -2.50. The van der Waals surface area contributed by atoms with Crippen molar-refractivity contribution in [2.24, 2.45) is 5.41 Å². The van der Waals surface area contributed by atoms with Gasteiger partial charge in [0.05, 0.1) is 10.5 Å². The van der Waals surface area contributed by atoms with E-state index in [-0.39, 0.29) is 5.41 Å². The molecule has 0 amide bonds. The summed E-state index contributed by atoms with van der Waals surface area (Å²) in [5, 5.41) is 11.1. The highest BCUT2D eigenvalue weighted by atomic mass is 32.2. The van der Waals surface area contributed by atoms with Crippen LogP contribution in [0.5, 0.6) is 0 Å². The molecule has 5 rings (SSSR count). The fraction of sp³-hybridized carbons (Fsp3) is 0.750. The molecule has 0 radical (unpaired) electrons. The van der Waals surface area contributed by atoms with Crippen LogP contribution in [0.2, 0.25) is 0 Å². The number of rotatable bonds is 4. The molecule has 2 aliphatic heterocycles. The van der Waals surface area contributed by atoms with Gasteiger partial charge in [0.1, 0.15) is 0 Å². The smallest absolute Gasteiger partial charge is 0.243 e. The van der Waals surface area contributed by atoms with Gasteiger partial charge in [0.15, 0.2) is 0 Å². The van der Waals surface area contributed by atoms with Gasteiger partial charge in [0.2, 0.25) is 10.0 Å². The van der Waals surface area contributed by atoms with Crippen LogP contribution in [0.1, 0.15) is 68.9 Å². The molecule has 5 nitrogen and oxygen atoms in total. The zero-order chi connectivity index (χ0) is 20.8. The van der Waals surface area contributed by atoms with Crippen molar-refractivity contribution in [3.05, 3.63) is 29.3 Å². The van der Waals surface area contributed by atoms with Gasteiger partial charge in [-0.05, 0) is 112 Å². The normalized spacial score (nSPS) is 26.8. The number of aliphatic hydroxyl groups is 1. The molecule has 0 atom stereocenters. The predicted octanol–water partition coefficient (Wildman–Crippen LogP) is 3.35. The van der Waals surface area contributed by atoms with Crippen LogP contribution >= 0.6 is 0 Å². The molecular formula is C24H36N2O3S. The van der Waals surface area contributed by atoms with Crippen LogP contribution in [0.3, 0.4) is 0 Å². The molecule has 30 heavy (non-hydrogen) atoms. The molecule has 2 heterocycles. The van der Waals surface area contributed by atoms with Crippen LogP contribution in [-0.4, -0.2) is 61.1 Å². The molecule has 0 unspecified atom stereocenters. The third-order valence-corrected chi connectivity index (χ3v) is 10.3. The van der Waals surface area contributed by atoms with Crippen molar-refractivity contribution in [3.8, 4) is 0 Å². The van der Waals surface area contributed by atoms with E-state index >= 15 is 0 Å². The zero-order valence-electron chi connectivity index (χ0n) is 18.1. The van der Waals surface area contributed by atoms with Gasteiger partial charge in [0, 0.05) is 19.6 Å². The van der Waals surface area contributed by atoms with E-state index in [4.69, 9.17) is 0 Å². The number of hydrogen-bond donors (Lipinski definition) is 1. The van der Waals surface area contributed by atoms with Crippen molar-refractivity contribution in [2.75, 3.05) is 32.7 Å². The quantitative estimate of drug-likeness (QED) is 0.793. The van der Waals surface area contributed by atoms with Gasteiger partial charge >= 0.3 is 0 Å². The Morgan fingerprint density at radius 3 is 2.20 bits per heavy atom. The fourth-order valence-corrected chi connectivity index (χ4v) is 7.81. The standard InChI is InChI=1S/C24H36N2O3S/c27-24(19-25-14-1-2-15-25)10-8-23(9-11-24)12-16-26(17-13-23)30(28,29)22-7-6-20-4-3-5-21(20)18-22/h6-7,18,27H,1-5,8-17,19H2. The van der Waals surface area contributed by atoms with Gasteiger partial charge in [-0.1, -0.05) is 6.07 Å². The van der Waals surface area contributed by atoms with E-state index in [1.165, 1.54) is 24.0 Å². The van der Waals surface area contributed by atoms with E-state index in [9.17, 15) is 13.5 Å². The monoisotopic (exact) mass is 432 g/mol. The average molecular weight is 433 g/mol. The Kier molecular flexibility index (Phi) is 5.49. The largest absolute Gasteiger partial charge is 0.389 e. The minimum absolute atomic E-state index is 0.223. The van der Waals surface area contributed by atoms with Crippen LogP contribution in [-0.2, 0) is 22.9 Å². The summed E-state index contributed by atoms with van der Waals surface area (Å²) < 4.78 is 28.2. The molecule has 3 fully saturated rings. The van der Waals surface area contributed by atoms with Crippen LogP contribution in [0, 0.1) is 5.41 Å². The Bertz CT molecular complexity index is 874. The summed E-state index contributed by atoms with van der Waals surface area (Å²) in [7, 11) is -3.40. The number of nitrogens with zero attached hydrogens (tertiary/aromatic N) is 2. The molecule has 2 aliphatic carbocycles. The lowest BCUT2D eigenvalue weighted by Gasteiger charge is -2.48. The van der Waals surface area contributed by atoms with Crippen LogP contribution in [0.15, 0.2) is 23.1 Å². The molecule has 0 aromatic heterocycles. The van der Waals surface area contributed by atoms with E-state index in [2.05, 4.69) is 4.90 Å². The summed E-state index contributed by atoms with van der Waals surface area (Å²) in [5.74, 6) is 0. The maximum absolute atomic E-state index is 13.2. The second-order valence-corrected chi connectivity index (χ2v) is 12.3. The minimum atomic E-state index is -3.40. The van der Waals surface area contributed by atoms with Crippen molar-refractivity contribution in [1.29, 1.82) is 0 Å².